The Labute approximate surface area is 85.8 Å². The Balaban J connectivity index is 3.71. The molecule has 4 heteroatoms. The van der Waals surface area contributed by atoms with Crippen LogP contribution in [0, 0.1) is 0 Å². The minimum absolute atomic E-state index is 0.324. The van der Waals surface area contributed by atoms with Crippen LogP contribution in [0.25, 0.3) is 0 Å². The molecule has 0 radical (unpaired) electrons. The van der Waals surface area contributed by atoms with Crippen molar-refractivity contribution in [3.8, 4) is 0 Å². The van der Waals surface area contributed by atoms with E-state index < -0.39 is 5.54 Å². The van der Waals surface area contributed by atoms with Gasteiger partial charge in [-0.1, -0.05) is 13.3 Å². The van der Waals surface area contributed by atoms with E-state index in [1.807, 2.05) is 6.92 Å². The van der Waals surface area contributed by atoms with Crippen molar-refractivity contribution in [3.05, 3.63) is 0 Å². The molecule has 2 N–H and O–H groups in total. The molecule has 0 saturated carbocycles. The molecule has 1 unspecified atom stereocenters. The minimum atomic E-state index is -0.845. The van der Waals surface area contributed by atoms with Gasteiger partial charge in [0.05, 0.1) is 6.61 Å². The maximum atomic E-state index is 11.4. The van der Waals surface area contributed by atoms with Gasteiger partial charge in [-0.25, -0.2) is 0 Å². The van der Waals surface area contributed by atoms with Crippen LogP contribution in [0.1, 0.15) is 33.1 Å². The first-order valence-corrected chi connectivity index (χ1v) is 4.99. The highest BCUT2D eigenvalue weighted by atomic mass is 16.5. The number of nitrogens with two attached hydrogens (primary N) is 1. The third-order valence-electron chi connectivity index (χ3n) is 1.96. The molecular weight excluding hydrogens is 182 g/mol. The zero-order valence-electron chi connectivity index (χ0n) is 9.34. The first kappa shape index (κ1) is 13.4. The smallest absolute Gasteiger partial charge is 0.325 e. The SMILES string of the molecule is CCCC(C)(N)C(=O)OCCCOC. The van der Waals surface area contributed by atoms with Crippen LogP contribution in [0.15, 0.2) is 0 Å². The van der Waals surface area contributed by atoms with Crippen LogP contribution >= 0.6 is 0 Å². The van der Waals surface area contributed by atoms with Gasteiger partial charge in [-0.05, 0) is 13.3 Å². The predicted molar refractivity (Wildman–Crippen MR) is 55.0 cm³/mol. The molecular formula is C10H21NO3. The molecule has 84 valence electrons. The average molecular weight is 203 g/mol. The maximum absolute atomic E-state index is 11.4. The number of hydrogen-bond donors (Lipinski definition) is 1. The fourth-order valence-electron chi connectivity index (χ4n) is 1.15. The van der Waals surface area contributed by atoms with Crippen LogP contribution in [0.3, 0.4) is 0 Å². The minimum Gasteiger partial charge on any atom is -0.464 e. The number of carbonyl (C=O) groups is 1. The summed E-state index contributed by atoms with van der Waals surface area (Å²) in [5.74, 6) is -0.324. The molecule has 0 amide bonds. The zero-order valence-corrected chi connectivity index (χ0v) is 9.34. The number of carbonyl (C=O) groups excluding carboxylic acids is 1. The third kappa shape index (κ3) is 5.19. The van der Waals surface area contributed by atoms with Gasteiger partial charge in [-0.3, -0.25) is 4.79 Å². The summed E-state index contributed by atoms with van der Waals surface area (Å²) in [5.41, 5.74) is 4.93. The quantitative estimate of drug-likeness (QED) is 0.497. The van der Waals surface area contributed by atoms with E-state index in [1.165, 1.54) is 0 Å². The van der Waals surface area contributed by atoms with E-state index in [0.717, 1.165) is 6.42 Å². The van der Waals surface area contributed by atoms with Gasteiger partial charge in [-0.2, -0.15) is 0 Å². The molecule has 0 aliphatic carbocycles. The van der Waals surface area contributed by atoms with Crippen molar-refractivity contribution in [2.24, 2.45) is 5.73 Å². The van der Waals surface area contributed by atoms with E-state index in [2.05, 4.69) is 0 Å². The first-order chi connectivity index (χ1) is 6.54. The predicted octanol–water partition coefficient (Wildman–Crippen LogP) is 1.08. The Morgan fingerprint density at radius 1 is 1.43 bits per heavy atom. The van der Waals surface area contributed by atoms with Crippen LogP contribution in [0.4, 0.5) is 0 Å². The van der Waals surface area contributed by atoms with E-state index >= 15 is 0 Å². The topological polar surface area (TPSA) is 61.6 Å². The molecule has 0 aliphatic rings. The average Bonchev–Trinajstić information content (AvgIpc) is 2.12. The van der Waals surface area contributed by atoms with Crippen LogP contribution in [0.5, 0.6) is 0 Å². The molecule has 1 atom stereocenters. The molecule has 0 bridgehead atoms. The van der Waals surface area contributed by atoms with Crippen molar-refractivity contribution in [1.82, 2.24) is 0 Å². The van der Waals surface area contributed by atoms with Gasteiger partial charge in [-0.15, -0.1) is 0 Å². The largest absolute Gasteiger partial charge is 0.464 e. The highest BCUT2D eigenvalue weighted by molar-refractivity contribution is 5.79. The van der Waals surface area contributed by atoms with Crippen molar-refractivity contribution in [1.29, 1.82) is 0 Å². The molecule has 0 rings (SSSR count). The first-order valence-electron chi connectivity index (χ1n) is 4.99. The second-order valence-electron chi connectivity index (χ2n) is 3.65. The molecule has 0 aromatic rings. The van der Waals surface area contributed by atoms with E-state index in [1.54, 1.807) is 14.0 Å². The summed E-state index contributed by atoms with van der Waals surface area (Å²) in [6, 6.07) is 0. The Morgan fingerprint density at radius 3 is 2.57 bits per heavy atom. The Hall–Kier alpha value is -0.610. The summed E-state index contributed by atoms with van der Waals surface area (Å²) < 4.78 is 9.85. The summed E-state index contributed by atoms with van der Waals surface area (Å²) in [6.07, 6.45) is 2.24. The van der Waals surface area contributed by atoms with Gasteiger partial charge >= 0.3 is 5.97 Å². The van der Waals surface area contributed by atoms with Crippen LogP contribution in [-0.2, 0) is 14.3 Å². The van der Waals surface area contributed by atoms with Crippen LogP contribution in [-0.4, -0.2) is 31.8 Å². The molecule has 0 spiro atoms. The Bertz CT molecular complexity index is 169. The molecule has 0 fully saturated rings. The summed E-state index contributed by atoms with van der Waals surface area (Å²) >= 11 is 0. The van der Waals surface area contributed by atoms with E-state index in [0.29, 0.717) is 26.1 Å². The summed E-state index contributed by atoms with van der Waals surface area (Å²) in [4.78, 5) is 11.4. The zero-order chi connectivity index (χ0) is 11.0. The van der Waals surface area contributed by atoms with E-state index in [-0.39, 0.29) is 5.97 Å². The molecule has 0 heterocycles. The number of ether oxygens (including phenoxy) is 2. The summed E-state index contributed by atoms with van der Waals surface area (Å²) in [7, 11) is 1.62. The molecule has 0 aromatic heterocycles. The Kier molecular flexibility index (Phi) is 6.49. The highest BCUT2D eigenvalue weighted by Gasteiger charge is 2.28. The summed E-state index contributed by atoms with van der Waals surface area (Å²) in [5, 5.41) is 0. The fourth-order valence-corrected chi connectivity index (χ4v) is 1.15. The lowest BCUT2D eigenvalue weighted by atomic mass is 9.98. The van der Waals surface area contributed by atoms with Gasteiger partial charge in [0, 0.05) is 20.1 Å². The molecule has 0 aromatic carbocycles. The van der Waals surface area contributed by atoms with Crippen molar-refractivity contribution >= 4 is 5.97 Å². The lowest BCUT2D eigenvalue weighted by Crippen LogP contribution is -2.46. The van der Waals surface area contributed by atoms with Gasteiger partial charge < -0.3 is 15.2 Å². The maximum Gasteiger partial charge on any atom is 0.325 e. The van der Waals surface area contributed by atoms with E-state index in [9.17, 15) is 4.79 Å². The number of methoxy groups -OCH3 is 1. The van der Waals surface area contributed by atoms with Crippen molar-refractivity contribution in [3.63, 3.8) is 0 Å². The highest BCUT2D eigenvalue weighted by Crippen LogP contribution is 2.10. The van der Waals surface area contributed by atoms with Gasteiger partial charge in [0.25, 0.3) is 0 Å². The van der Waals surface area contributed by atoms with Crippen LogP contribution < -0.4 is 5.73 Å². The standard InChI is InChI=1S/C10H21NO3/c1-4-6-10(2,11)9(12)14-8-5-7-13-3/h4-8,11H2,1-3H3. The monoisotopic (exact) mass is 203 g/mol. The lowest BCUT2D eigenvalue weighted by molar-refractivity contribution is -0.150. The molecule has 0 aliphatic heterocycles. The van der Waals surface area contributed by atoms with Gasteiger partial charge in [0.1, 0.15) is 5.54 Å². The third-order valence-corrected chi connectivity index (χ3v) is 1.96. The van der Waals surface area contributed by atoms with Gasteiger partial charge in [0.15, 0.2) is 0 Å². The number of rotatable bonds is 7. The molecule has 14 heavy (non-hydrogen) atoms. The molecule has 4 nitrogen and oxygen atoms in total. The lowest BCUT2D eigenvalue weighted by Gasteiger charge is -2.21. The number of esters is 1. The molecule has 0 saturated heterocycles. The second-order valence-corrected chi connectivity index (χ2v) is 3.65. The summed E-state index contributed by atoms with van der Waals surface area (Å²) in [6.45, 7) is 4.67. The second kappa shape index (κ2) is 6.79. The van der Waals surface area contributed by atoms with Crippen molar-refractivity contribution < 1.29 is 14.3 Å². The van der Waals surface area contributed by atoms with Crippen molar-refractivity contribution in [2.45, 2.75) is 38.6 Å². The van der Waals surface area contributed by atoms with Gasteiger partial charge in [0.2, 0.25) is 0 Å². The van der Waals surface area contributed by atoms with E-state index in [4.69, 9.17) is 15.2 Å². The van der Waals surface area contributed by atoms with Crippen molar-refractivity contribution in [2.75, 3.05) is 20.3 Å². The number of hydrogen-bond acceptors (Lipinski definition) is 4. The van der Waals surface area contributed by atoms with Crippen LogP contribution in [0.2, 0.25) is 0 Å². The normalized spacial score (nSPS) is 14.9. The Morgan fingerprint density at radius 2 is 2.07 bits per heavy atom. The fraction of sp³-hybridized carbons (Fsp3) is 0.900.